The van der Waals surface area contributed by atoms with Crippen molar-refractivity contribution in [1.29, 1.82) is 0 Å². The first-order valence-electron chi connectivity index (χ1n) is 12.9. The summed E-state index contributed by atoms with van der Waals surface area (Å²) in [5, 5.41) is 0. The lowest BCUT2D eigenvalue weighted by Crippen LogP contribution is -2.35. The summed E-state index contributed by atoms with van der Waals surface area (Å²) in [6.45, 7) is 2.19. The van der Waals surface area contributed by atoms with Crippen LogP contribution in [0.2, 0.25) is 0 Å². The summed E-state index contributed by atoms with van der Waals surface area (Å²) in [7, 11) is 0. The molecule has 0 unspecified atom stereocenters. The molecule has 0 heterocycles. The van der Waals surface area contributed by atoms with Crippen molar-refractivity contribution in [2.24, 2.45) is 17.8 Å². The van der Waals surface area contributed by atoms with E-state index in [2.05, 4.69) is 31.2 Å². The molecule has 0 aliphatic heterocycles. The highest BCUT2D eigenvalue weighted by Crippen LogP contribution is 2.47. The molecule has 2 aromatic carbocycles. The SMILES string of the molecule is CCCc1ccc(C2CCC(C3CCC(C(F)(F)Cc4cc(F)c(F)c(F)c4)CC3)CC2)cc1. The molecule has 0 saturated heterocycles. The van der Waals surface area contributed by atoms with E-state index >= 15 is 0 Å². The highest BCUT2D eigenvalue weighted by molar-refractivity contribution is 5.26. The van der Waals surface area contributed by atoms with E-state index in [1.165, 1.54) is 11.1 Å². The van der Waals surface area contributed by atoms with Crippen molar-refractivity contribution in [1.82, 2.24) is 0 Å². The Morgan fingerprint density at radius 1 is 0.735 bits per heavy atom. The van der Waals surface area contributed by atoms with E-state index in [1.54, 1.807) is 0 Å². The summed E-state index contributed by atoms with van der Waals surface area (Å²) < 4.78 is 69.8. The van der Waals surface area contributed by atoms with Crippen molar-refractivity contribution in [2.75, 3.05) is 0 Å². The summed E-state index contributed by atoms with van der Waals surface area (Å²) in [5.41, 5.74) is 2.63. The van der Waals surface area contributed by atoms with Gasteiger partial charge in [-0.3, -0.25) is 0 Å². The Labute approximate surface area is 200 Å². The second-order valence-electron chi connectivity index (χ2n) is 10.5. The Bertz CT molecular complexity index is 912. The Balaban J connectivity index is 1.27. The zero-order valence-corrected chi connectivity index (χ0v) is 19.9. The Morgan fingerprint density at radius 2 is 1.26 bits per heavy atom. The zero-order valence-electron chi connectivity index (χ0n) is 19.9. The molecule has 5 heteroatoms. The van der Waals surface area contributed by atoms with Crippen LogP contribution in [0.15, 0.2) is 36.4 Å². The molecule has 0 radical (unpaired) electrons. The highest BCUT2D eigenvalue weighted by atomic mass is 19.3. The molecule has 2 aliphatic carbocycles. The molecular formula is C29H35F5. The summed E-state index contributed by atoms with van der Waals surface area (Å²) in [6.07, 6.45) is 8.59. The minimum atomic E-state index is -3.05. The average Bonchev–Trinajstić information content (AvgIpc) is 2.83. The second-order valence-corrected chi connectivity index (χ2v) is 10.5. The molecule has 34 heavy (non-hydrogen) atoms. The van der Waals surface area contributed by atoms with Crippen molar-refractivity contribution in [3.8, 4) is 0 Å². The lowest BCUT2D eigenvalue weighted by atomic mass is 9.67. The van der Waals surface area contributed by atoms with Crippen molar-refractivity contribution in [3.63, 3.8) is 0 Å². The lowest BCUT2D eigenvalue weighted by molar-refractivity contribution is -0.0776. The van der Waals surface area contributed by atoms with E-state index in [9.17, 15) is 22.0 Å². The van der Waals surface area contributed by atoms with Gasteiger partial charge in [0.25, 0.3) is 5.92 Å². The number of rotatable bonds is 7. The van der Waals surface area contributed by atoms with Crippen LogP contribution < -0.4 is 0 Å². The third-order valence-corrected chi connectivity index (χ3v) is 8.28. The molecule has 186 valence electrons. The monoisotopic (exact) mass is 478 g/mol. The molecule has 0 amide bonds. The van der Waals surface area contributed by atoms with Gasteiger partial charge in [0, 0.05) is 12.3 Å². The van der Waals surface area contributed by atoms with Crippen LogP contribution in [0.4, 0.5) is 22.0 Å². The van der Waals surface area contributed by atoms with E-state index in [1.807, 2.05) is 0 Å². The zero-order chi connectivity index (χ0) is 24.3. The van der Waals surface area contributed by atoms with Crippen LogP contribution in [-0.4, -0.2) is 5.92 Å². The third-order valence-electron chi connectivity index (χ3n) is 8.28. The van der Waals surface area contributed by atoms with Crippen molar-refractivity contribution in [2.45, 2.75) is 89.4 Å². The van der Waals surface area contributed by atoms with Crippen LogP contribution in [0.1, 0.15) is 87.3 Å². The summed E-state index contributed by atoms with van der Waals surface area (Å²) in [6, 6.07) is 10.4. The summed E-state index contributed by atoms with van der Waals surface area (Å²) >= 11 is 0. The first-order valence-corrected chi connectivity index (χ1v) is 12.9. The van der Waals surface area contributed by atoms with Crippen LogP contribution in [0.5, 0.6) is 0 Å². The van der Waals surface area contributed by atoms with Gasteiger partial charge < -0.3 is 0 Å². The molecule has 0 nitrogen and oxygen atoms in total. The maximum atomic E-state index is 14.9. The number of halogens is 5. The molecule has 0 atom stereocenters. The summed E-state index contributed by atoms with van der Waals surface area (Å²) in [5.74, 6) is -6.60. The topological polar surface area (TPSA) is 0 Å². The first kappa shape index (κ1) is 25.2. The first-order chi connectivity index (χ1) is 16.3. The Morgan fingerprint density at radius 3 is 1.79 bits per heavy atom. The smallest absolute Gasteiger partial charge is 0.206 e. The predicted molar refractivity (Wildman–Crippen MR) is 126 cm³/mol. The maximum Gasteiger partial charge on any atom is 0.254 e. The highest BCUT2D eigenvalue weighted by Gasteiger charge is 2.43. The Kier molecular flexibility index (Phi) is 7.99. The lowest BCUT2D eigenvalue weighted by Gasteiger charge is -2.39. The normalized spacial score (nSPS) is 25.9. The molecule has 2 saturated carbocycles. The molecule has 4 rings (SSSR count). The van der Waals surface area contributed by atoms with Gasteiger partial charge in [-0.05, 0) is 104 Å². The molecule has 0 N–H and O–H groups in total. The minimum Gasteiger partial charge on any atom is -0.206 e. The quantitative estimate of drug-likeness (QED) is 0.275. The standard InChI is InChI=1S/C29H35F5/c1-2-3-19-4-6-21(7-5-19)22-8-10-23(11-9-22)24-12-14-25(15-13-24)29(33,34)18-20-16-26(30)28(32)27(31)17-20/h4-7,16-17,22-25H,2-3,8-15,18H2,1H3. The van der Waals surface area contributed by atoms with Crippen LogP contribution in [0, 0.1) is 35.2 Å². The fourth-order valence-electron chi connectivity index (χ4n) is 6.31. The van der Waals surface area contributed by atoms with Crippen molar-refractivity contribution in [3.05, 3.63) is 70.5 Å². The number of hydrogen-bond acceptors (Lipinski definition) is 0. The van der Waals surface area contributed by atoms with E-state index in [0.29, 0.717) is 42.7 Å². The minimum absolute atomic E-state index is 0.190. The predicted octanol–water partition coefficient (Wildman–Crippen LogP) is 9.01. The van der Waals surface area contributed by atoms with Gasteiger partial charge in [-0.25, -0.2) is 22.0 Å². The molecular weight excluding hydrogens is 443 g/mol. The molecule has 0 aromatic heterocycles. The second kappa shape index (κ2) is 10.8. The van der Waals surface area contributed by atoms with Crippen molar-refractivity contribution >= 4 is 0 Å². The van der Waals surface area contributed by atoms with Crippen LogP contribution in [-0.2, 0) is 12.8 Å². The van der Waals surface area contributed by atoms with Gasteiger partial charge in [0.2, 0.25) is 0 Å². The van der Waals surface area contributed by atoms with Crippen LogP contribution in [0.25, 0.3) is 0 Å². The van der Waals surface area contributed by atoms with Crippen molar-refractivity contribution < 1.29 is 22.0 Å². The average molecular weight is 479 g/mol. The van der Waals surface area contributed by atoms with Gasteiger partial charge in [-0.1, -0.05) is 37.6 Å². The number of alkyl halides is 2. The van der Waals surface area contributed by atoms with Gasteiger partial charge in [0.1, 0.15) is 0 Å². The van der Waals surface area contributed by atoms with Gasteiger partial charge in [0.15, 0.2) is 17.5 Å². The van der Waals surface area contributed by atoms with Gasteiger partial charge >= 0.3 is 0 Å². The fourth-order valence-corrected chi connectivity index (χ4v) is 6.31. The van der Waals surface area contributed by atoms with Gasteiger partial charge in [0.05, 0.1) is 0 Å². The van der Waals surface area contributed by atoms with E-state index in [-0.39, 0.29) is 5.56 Å². The van der Waals surface area contributed by atoms with Gasteiger partial charge in [-0.15, -0.1) is 0 Å². The van der Waals surface area contributed by atoms with E-state index < -0.39 is 35.7 Å². The number of benzene rings is 2. The molecule has 2 aliphatic rings. The Hall–Kier alpha value is -1.91. The van der Waals surface area contributed by atoms with Gasteiger partial charge in [-0.2, -0.15) is 0 Å². The maximum absolute atomic E-state index is 14.9. The van der Waals surface area contributed by atoms with Crippen LogP contribution in [0.3, 0.4) is 0 Å². The number of hydrogen-bond donors (Lipinski definition) is 0. The fraction of sp³-hybridized carbons (Fsp3) is 0.586. The molecule has 2 fully saturated rings. The molecule has 2 aromatic rings. The largest absolute Gasteiger partial charge is 0.254 e. The van der Waals surface area contributed by atoms with E-state index in [0.717, 1.165) is 51.4 Å². The van der Waals surface area contributed by atoms with Crippen LogP contribution >= 0.6 is 0 Å². The third kappa shape index (κ3) is 5.83. The molecule has 0 bridgehead atoms. The summed E-state index contributed by atoms with van der Waals surface area (Å²) in [4.78, 5) is 0. The number of aryl methyl sites for hydroxylation is 1. The molecule has 0 spiro atoms. The van der Waals surface area contributed by atoms with E-state index in [4.69, 9.17) is 0 Å².